The molecule has 0 bridgehead atoms. The first kappa shape index (κ1) is 17.2. The van der Waals surface area contributed by atoms with Crippen molar-refractivity contribution in [2.75, 3.05) is 26.7 Å². The topological polar surface area (TPSA) is 78.7 Å². The van der Waals surface area contributed by atoms with Gasteiger partial charge in [-0.1, -0.05) is 30.3 Å². The molecule has 3 rings (SSSR count). The van der Waals surface area contributed by atoms with E-state index in [4.69, 9.17) is 4.42 Å². The van der Waals surface area contributed by atoms with Crippen LogP contribution in [0.1, 0.15) is 21.9 Å². The van der Waals surface area contributed by atoms with Crippen molar-refractivity contribution in [3.05, 3.63) is 53.7 Å². The molecule has 1 saturated heterocycles. The van der Waals surface area contributed by atoms with Crippen LogP contribution in [0.25, 0.3) is 0 Å². The van der Waals surface area contributed by atoms with Crippen molar-refractivity contribution in [3.8, 4) is 0 Å². The van der Waals surface area contributed by atoms with Crippen LogP contribution in [0.4, 0.5) is 0 Å². The predicted molar refractivity (Wildman–Crippen MR) is 91.9 cm³/mol. The van der Waals surface area contributed by atoms with Gasteiger partial charge in [0.15, 0.2) is 11.6 Å². The van der Waals surface area contributed by atoms with Crippen LogP contribution in [0.15, 0.2) is 41.0 Å². The van der Waals surface area contributed by atoms with Crippen LogP contribution >= 0.6 is 0 Å². The first-order valence-electron chi connectivity index (χ1n) is 8.29. The van der Waals surface area contributed by atoms with Gasteiger partial charge in [-0.05, 0) is 5.56 Å². The van der Waals surface area contributed by atoms with Crippen molar-refractivity contribution < 1.29 is 14.0 Å². The monoisotopic (exact) mass is 342 g/mol. The van der Waals surface area contributed by atoms with E-state index in [1.54, 1.807) is 18.9 Å². The number of amides is 2. The highest BCUT2D eigenvalue weighted by Gasteiger charge is 2.34. The zero-order chi connectivity index (χ0) is 17.8. The van der Waals surface area contributed by atoms with E-state index in [0.29, 0.717) is 32.1 Å². The third kappa shape index (κ3) is 3.88. The van der Waals surface area contributed by atoms with E-state index < -0.39 is 6.04 Å². The Kier molecular flexibility index (Phi) is 5.14. The number of rotatable bonds is 4. The van der Waals surface area contributed by atoms with Gasteiger partial charge in [0, 0.05) is 40.2 Å². The average Bonchev–Trinajstić information content (AvgIpc) is 3.08. The first-order chi connectivity index (χ1) is 12.1. The second-order valence-corrected chi connectivity index (χ2v) is 6.09. The smallest absolute Gasteiger partial charge is 0.275 e. The molecule has 2 heterocycles. The Bertz CT molecular complexity index is 744. The summed E-state index contributed by atoms with van der Waals surface area (Å²) in [4.78, 5) is 32.8. The van der Waals surface area contributed by atoms with Gasteiger partial charge in [-0.15, -0.1) is 0 Å². The Morgan fingerprint density at radius 2 is 2.04 bits per heavy atom. The molecule has 1 aromatic heterocycles. The van der Waals surface area contributed by atoms with E-state index in [9.17, 15) is 9.59 Å². The Morgan fingerprint density at radius 1 is 1.28 bits per heavy atom. The van der Waals surface area contributed by atoms with Crippen molar-refractivity contribution in [1.82, 2.24) is 20.1 Å². The molecular formula is C18H22N4O3. The molecule has 1 atom stereocenters. The highest BCUT2D eigenvalue weighted by atomic mass is 16.3. The number of oxazole rings is 1. The van der Waals surface area contributed by atoms with Gasteiger partial charge < -0.3 is 14.6 Å². The third-order valence-electron chi connectivity index (χ3n) is 4.39. The number of aromatic nitrogens is 1. The van der Waals surface area contributed by atoms with Crippen molar-refractivity contribution in [1.29, 1.82) is 0 Å². The molecule has 0 aliphatic carbocycles. The molecule has 0 spiro atoms. The maximum Gasteiger partial charge on any atom is 0.275 e. The van der Waals surface area contributed by atoms with E-state index in [0.717, 1.165) is 5.56 Å². The quantitative estimate of drug-likeness (QED) is 0.899. The fraction of sp³-hybridized carbons (Fsp3) is 0.389. The van der Waals surface area contributed by atoms with Crippen molar-refractivity contribution in [2.45, 2.75) is 19.5 Å². The minimum absolute atomic E-state index is 0.0928. The van der Waals surface area contributed by atoms with Gasteiger partial charge in [0.25, 0.3) is 5.91 Å². The highest BCUT2D eigenvalue weighted by molar-refractivity contribution is 5.93. The molecule has 25 heavy (non-hydrogen) atoms. The standard InChI is InChI=1S/C18H22N4O3/c1-13-20-15(12-25-13)18(24)22-9-8-21(16(11-22)17(23)19-2)10-14-6-4-3-5-7-14/h3-7,12,16H,8-11H2,1-2H3,(H,19,23)/t16-/m0/s1. The molecule has 2 aromatic rings. The average molecular weight is 342 g/mol. The summed E-state index contributed by atoms with van der Waals surface area (Å²) in [5, 5.41) is 2.70. The summed E-state index contributed by atoms with van der Waals surface area (Å²) < 4.78 is 5.12. The summed E-state index contributed by atoms with van der Waals surface area (Å²) in [5.41, 5.74) is 1.42. The van der Waals surface area contributed by atoms with Gasteiger partial charge in [-0.2, -0.15) is 0 Å². The Balaban J connectivity index is 1.74. The number of hydrogen-bond donors (Lipinski definition) is 1. The molecule has 7 nitrogen and oxygen atoms in total. The molecule has 1 aliphatic rings. The zero-order valence-corrected chi connectivity index (χ0v) is 14.4. The van der Waals surface area contributed by atoms with Crippen LogP contribution in [0, 0.1) is 6.92 Å². The third-order valence-corrected chi connectivity index (χ3v) is 4.39. The lowest BCUT2D eigenvalue weighted by Crippen LogP contribution is -2.59. The second-order valence-electron chi connectivity index (χ2n) is 6.09. The molecule has 2 amide bonds. The number of piperazine rings is 1. The minimum atomic E-state index is -0.393. The van der Waals surface area contributed by atoms with Crippen molar-refractivity contribution in [2.24, 2.45) is 0 Å². The molecule has 132 valence electrons. The fourth-order valence-electron chi connectivity index (χ4n) is 3.05. The Labute approximate surface area is 146 Å². The zero-order valence-electron chi connectivity index (χ0n) is 14.4. The van der Waals surface area contributed by atoms with Crippen molar-refractivity contribution >= 4 is 11.8 Å². The lowest BCUT2D eigenvalue weighted by Gasteiger charge is -2.40. The molecule has 0 radical (unpaired) electrons. The summed E-state index contributed by atoms with van der Waals surface area (Å²) in [6.07, 6.45) is 1.36. The maximum absolute atomic E-state index is 12.6. The van der Waals surface area contributed by atoms with E-state index >= 15 is 0 Å². The molecular weight excluding hydrogens is 320 g/mol. The van der Waals surface area contributed by atoms with Crippen LogP contribution in [-0.2, 0) is 11.3 Å². The number of carbonyl (C=O) groups is 2. The Hall–Kier alpha value is -2.67. The number of hydrogen-bond acceptors (Lipinski definition) is 5. The number of benzene rings is 1. The summed E-state index contributed by atoms with van der Waals surface area (Å²) in [6, 6.07) is 9.62. The second kappa shape index (κ2) is 7.48. The summed E-state index contributed by atoms with van der Waals surface area (Å²) in [7, 11) is 1.62. The Morgan fingerprint density at radius 3 is 2.68 bits per heavy atom. The van der Waals surface area contributed by atoms with Gasteiger partial charge in [0.2, 0.25) is 5.91 Å². The number of aryl methyl sites for hydroxylation is 1. The van der Waals surface area contributed by atoms with E-state index in [1.807, 2.05) is 30.3 Å². The molecule has 0 unspecified atom stereocenters. The molecule has 0 saturated carbocycles. The van der Waals surface area contributed by atoms with Crippen LogP contribution in [0.5, 0.6) is 0 Å². The summed E-state index contributed by atoms with van der Waals surface area (Å²) in [6.45, 7) is 3.86. The normalized spacial score (nSPS) is 18.2. The molecule has 1 N–H and O–H groups in total. The largest absolute Gasteiger partial charge is 0.448 e. The van der Waals surface area contributed by atoms with Gasteiger partial charge >= 0.3 is 0 Å². The first-order valence-corrected chi connectivity index (χ1v) is 8.29. The number of nitrogens with zero attached hydrogens (tertiary/aromatic N) is 3. The van der Waals surface area contributed by atoms with Crippen molar-refractivity contribution in [3.63, 3.8) is 0 Å². The fourth-order valence-corrected chi connectivity index (χ4v) is 3.05. The molecule has 1 fully saturated rings. The van der Waals surface area contributed by atoms with Gasteiger partial charge in [0.05, 0.1) is 0 Å². The lowest BCUT2D eigenvalue weighted by atomic mass is 10.1. The summed E-state index contributed by atoms with van der Waals surface area (Å²) in [5.74, 6) is 0.156. The maximum atomic E-state index is 12.6. The lowest BCUT2D eigenvalue weighted by molar-refractivity contribution is -0.128. The van der Waals surface area contributed by atoms with E-state index in [-0.39, 0.29) is 17.5 Å². The number of nitrogens with one attached hydrogen (secondary N) is 1. The number of carbonyl (C=O) groups excluding carboxylic acids is 2. The van der Waals surface area contributed by atoms with Crippen LogP contribution in [0.2, 0.25) is 0 Å². The molecule has 1 aliphatic heterocycles. The number of likely N-dealkylation sites (N-methyl/N-ethyl adjacent to an activating group) is 1. The van der Waals surface area contributed by atoms with Gasteiger partial charge in [-0.3, -0.25) is 14.5 Å². The summed E-state index contributed by atoms with van der Waals surface area (Å²) >= 11 is 0. The van der Waals surface area contributed by atoms with Gasteiger partial charge in [0.1, 0.15) is 12.3 Å². The SMILES string of the molecule is CNC(=O)[C@@H]1CN(C(=O)c2coc(C)n2)CCN1Cc1ccccc1. The molecule has 1 aromatic carbocycles. The van der Waals surface area contributed by atoms with Crippen LogP contribution in [-0.4, -0.2) is 59.3 Å². The van der Waals surface area contributed by atoms with Crippen LogP contribution < -0.4 is 5.32 Å². The van der Waals surface area contributed by atoms with E-state index in [2.05, 4.69) is 15.2 Å². The predicted octanol–water partition coefficient (Wildman–Crippen LogP) is 1.06. The molecule has 7 heteroatoms. The van der Waals surface area contributed by atoms with Gasteiger partial charge in [-0.25, -0.2) is 4.98 Å². The highest BCUT2D eigenvalue weighted by Crippen LogP contribution is 2.16. The van der Waals surface area contributed by atoms with Crippen LogP contribution in [0.3, 0.4) is 0 Å². The minimum Gasteiger partial charge on any atom is -0.448 e. The van der Waals surface area contributed by atoms with E-state index in [1.165, 1.54) is 6.26 Å².